The second-order valence-electron chi connectivity index (χ2n) is 3.43. The number of halogens is 5. The monoisotopic (exact) mass is 412 g/mol. The van der Waals surface area contributed by atoms with Crippen molar-refractivity contribution in [3.05, 3.63) is 39.5 Å². The van der Waals surface area contributed by atoms with Crippen molar-refractivity contribution in [2.45, 2.75) is 6.36 Å². The minimum absolute atomic E-state index is 0.0737. The molecule has 0 bridgehead atoms. The van der Waals surface area contributed by atoms with Crippen molar-refractivity contribution in [1.82, 2.24) is 9.97 Å². The second kappa shape index (κ2) is 5.96. The van der Waals surface area contributed by atoms with Crippen LogP contribution in [0.1, 0.15) is 0 Å². The van der Waals surface area contributed by atoms with E-state index < -0.39 is 6.36 Å². The average Bonchev–Trinajstić information content (AvgIpc) is 2.34. The van der Waals surface area contributed by atoms with Crippen LogP contribution in [0.5, 0.6) is 17.5 Å². The van der Waals surface area contributed by atoms with E-state index in [9.17, 15) is 13.2 Å². The van der Waals surface area contributed by atoms with E-state index in [0.717, 1.165) is 6.07 Å². The number of ether oxygens (including phenoxy) is 2. The molecule has 0 fully saturated rings. The van der Waals surface area contributed by atoms with Gasteiger partial charge in [0.25, 0.3) is 0 Å². The van der Waals surface area contributed by atoms with Crippen LogP contribution in [0.2, 0.25) is 0 Å². The van der Waals surface area contributed by atoms with Gasteiger partial charge in [-0.15, -0.1) is 13.2 Å². The summed E-state index contributed by atoms with van der Waals surface area (Å²) in [5.41, 5.74) is 0. The third-order valence-electron chi connectivity index (χ3n) is 1.93. The lowest BCUT2D eigenvalue weighted by atomic mass is 10.3. The molecule has 0 unspecified atom stereocenters. The fourth-order valence-corrected chi connectivity index (χ4v) is 1.85. The summed E-state index contributed by atoms with van der Waals surface area (Å²) < 4.78 is 46.2. The van der Waals surface area contributed by atoms with Crippen LogP contribution in [0.15, 0.2) is 39.5 Å². The Morgan fingerprint density at radius 2 is 1.70 bits per heavy atom. The van der Waals surface area contributed by atoms with Crippen molar-refractivity contribution in [2.24, 2.45) is 0 Å². The summed E-state index contributed by atoms with van der Waals surface area (Å²) in [6.45, 7) is 0. The zero-order chi connectivity index (χ0) is 14.8. The molecule has 0 N–H and O–H groups in total. The van der Waals surface area contributed by atoms with Crippen LogP contribution in [0, 0.1) is 0 Å². The van der Waals surface area contributed by atoms with Crippen LogP contribution in [0.25, 0.3) is 0 Å². The summed E-state index contributed by atoms with van der Waals surface area (Å²) in [7, 11) is 0. The first-order chi connectivity index (χ1) is 9.33. The highest BCUT2D eigenvalue weighted by atomic mass is 79.9. The van der Waals surface area contributed by atoms with Gasteiger partial charge in [0.2, 0.25) is 0 Å². The second-order valence-corrected chi connectivity index (χ2v) is 5.20. The largest absolute Gasteiger partial charge is 0.573 e. The molecule has 0 radical (unpaired) electrons. The maximum atomic E-state index is 12.1. The van der Waals surface area contributed by atoms with Crippen LogP contribution in [0.4, 0.5) is 13.2 Å². The normalized spacial score (nSPS) is 11.2. The Morgan fingerprint density at radius 3 is 2.25 bits per heavy atom. The third-order valence-corrected chi connectivity index (χ3v) is 2.96. The molecule has 0 spiro atoms. The minimum atomic E-state index is -4.75. The zero-order valence-electron chi connectivity index (χ0n) is 9.49. The molecule has 1 aromatic heterocycles. The zero-order valence-corrected chi connectivity index (χ0v) is 12.7. The molecule has 0 aliphatic heterocycles. The van der Waals surface area contributed by atoms with E-state index >= 15 is 0 Å². The number of hydrogen-bond donors (Lipinski definition) is 0. The molecule has 1 aromatic carbocycles. The molecule has 2 rings (SSSR count). The molecule has 2 aromatic rings. The quantitative estimate of drug-likeness (QED) is 0.732. The Labute approximate surface area is 128 Å². The summed E-state index contributed by atoms with van der Waals surface area (Å²) in [5.74, 6) is -0.0877. The van der Waals surface area contributed by atoms with Gasteiger partial charge in [-0.05, 0) is 50.1 Å². The number of aromatic nitrogens is 2. The Morgan fingerprint density at radius 1 is 1.05 bits per heavy atom. The lowest BCUT2D eigenvalue weighted by Gasteiger charge is -2.11. The van der Waals surface area contributed by atoms with Gasteiger partial charge in [0.05, 0.1) is 8.95 Å². The average molecular weight is 414 g/mol. The van der Waals surface area contributed by atoms with Crippen molar-refractivity contribution < 1.29 is 22.6 Å². The predicted molar refractivity (Wildman–Crippen MR) is 70.6 cm³/mol. The van der Waals surface area contributed by atoms with Gasteiger partial charge in [0, 0.05) is 12.4 Å². The fourth-order valence-electron chi connectivity index (χ4n) is 1.21. The molecule has 0 aliphatic carbocycles. The van der Waals surface area contributed by atoms with Crippen molar-refractivity contribution in [3.8, 4) is 17.5 Å². The van der Waals surface area contributed by atoms with E-state index in [1.165, 1.54) is 24.5 Å². The lowest BCUT2D eigenvalue weighted by Crippen LogP contribution is -2.17. The highest BCUT2D eigenvalue weighted by Gasteiger charge is 2.32. The molecule has 0 atom stereocenters. The maximum Gasteiger partial charge on any atom is 0.573 e. The SMILES string of the molecule is FC(F)(F)Oc1ccc(Oc2ncc(Br)cn2)cc1Br. The van der Waals surface area contributed by atoms with E-state index in [1.54, 1.807) is 0 Å². The predicted octanol–water partition coefficient (Wildman–Crippen LogP) is 4.69. The van der Waals surface area contributed by atoms with Crippen molar-refractivity contribution in [3.63, 3.8) is 0 Å². The van der Waals surface area contributed by atoms with Gasteiger partial charge in [-0.3, -0.25) is 0 Å². The highest BCUT2D eigenvalue weighted by Crippen LogP contribution is 2.34. The van der Waals surface area contributed by atoms with Gasteiger partial charge in [0.15, 0.2) is 0 Å². The molecular formula is C11H5Br2F3N2O2. The molecular weight excluding hydrogens is 409 g/mol. The summed E-state index contributed by atoms with van der Waals surface area (Å²) in [5, 5.41) is 0. The third kappa shape index (κ3) is 4.34. The van der Waals surface area contributed by atoms with E-state index in [4.69, 9.17) is 4.74 Å². The number of rotatable bonds is 3. The Hall–Kier alpha value is -1.35. The number of benzene rings is 1. The molecule has 9 heteroatoms. The van der Waals surface area contributed by atoms with Gasteiger partial charge in [-0.2, -0.15) is 0 Å². The molecule has 0 aliphatic rings. The van der Waals surface area contributed by atoms with Gasteiger partial charge in [0.1, 0.15) is 11.5 Å². The topological polar surface area (TPSA) is 44.2 Å². The minimum Gasteiger partial charge on any atom is -0.424 e. The van der Waals surface area contributed by atoms with Crippen molar-refractivity contribution in [2.75, 3.05) is 0 Å². The number of hydrogen-bond acceptors (Lipinski definition) is 4. The maximum absolute atomic E-state index is 12.1. The molecule has 0 saturated heterocycles. The lowest BCUT2D eigenvalue weighted by molar-refractivity contribution is -0.274. The summed E-state index contributed by atoms with van der Waals surface area (Å²) >= 11 is 6.14. The van der Waals surface area contributed by atoms with E-state index in [0.29, 0.717) is 4.47 Å². The molecule has 1 heterocycles. The van der Waals surface area contributed by atoms with E-state index in [2.05, 4.69) is 46.6 Å². The van der Waals surface area contributed by atoms with Crippen molar-refractivity contribution >= 4 is 31.9 Å². The smallest absolute Gasteiger partial charge is 0.424 e. The first-order valence-corrected chi connectivity index (χ1v) is 6.63. The molecule has 0 saturated carbocycles. The molecule has 0 amide bonds. The summed E-state index contributed by atoms with van der Waals surface area (Å²) in [6, 6.07) is 3.85. The van der Waals surface area contributed by atoms with Crippen LogP contribution in [0.3, 0.4) is 0 Å². The Bertz CT molecular complexity index is 606. The van der Waals surface area contributed by atoms with Crippen LogP contribution >= 0.6 is 31.9 Å². The summed E-state index contributed by atoms with van der Waals surface area (Å²) in [4.78, 5) is 7.76. The fraction of sp³-hybridized carbons (Fsp3) is 0.0909. The number of alkyl halides is 3. The molecule has 20 heavy (non-hydrogen) atoms. The van der Waals surface area contributed by atoms with Gasteiger partial charge in [-0.25, -0.2) is 9.97 Å². The summed E-state index contributed by atoms with van der Waals surface area (Å²) in [6.07, 6.45) is -1.78. The Kier molecular flexibility index (Phi) is 4.48. The van der Waals surface area contributed by atoms with E-state index in [1.807, 2.05) is 0 Å². The van der Waals surface area contributed by atoms with Gasteiger partial charge >= 0.3 is 12.4 Å². The van der Waals surface area contributed by atoms with Crippen LogP contribution in [-0.2, 0) is 0 Å². The first kappa shape index (κ1) is 15.0. The number of nitrogens with zero attached hydrogens (tertiary/aromatic N) is 2. The Balaban J connectivity index is 2.14. The van der Waals surface area contributed by atoms with Gasteiger partial charge < -0.3 is 9.47 Å². The first-order valence-electron chi connectivity index (χ1n) is 5.04. The van der Waals surface area contributed by atoms with Crippen LogP contribution < -0.4 is 9.47 Å². The highest BCUT2D eigenvalue weighted by molar-refractivity contribution is 9.10. The van der Waals surface area contributed by atoms with Gasteiger partial charge in [-0.1, -0.05) is 0 Å². The van der Waals surface area contributed by atoms with E-state index in [-0.39, 0.29) is 22.0 Å². The van der Waals surface area contributed by atoms with Crippen molar-refractivity contribution in [1.29, 1.82) is 0 Å². The van der Waals surface area contributed by atoms with Crippen LogP contribution in [-0.4, -0.2) is 16.3 Å². The molecule has 106 valence electrons. The standard InChI is InChI=1S/C11H5Br2F3N2O2/c12-6-4-17-10(18-5-6)19-7-1-2-9(8(13)3-7)20-11(14,15)16/h1-5H. The molecule has 4 nitrogen and oxygen atoms in total.